The number of nitrogens with zero attached hydrogens (tertiary/aromatic N) is 1. The van der Waals surface area contributed by atoms with Gasteiger partial charge in [-0.1, -0.05) is 0 Å². The van der Waals surface area contributed by atoms with E-state index in [1.165, 1.54) is 64.5 Å². The predicted molar refractivity (Wildman–Crippen MR) is 83.8 cm³/mol. The highest BCUT2D eigenvalue weighted by Gasteiger charge is 2.54. The van der Waals surface area contributed by atoms with Crippen molar-refractivity contribution in [3.63, 3.8) is 0 Å². The summed E-state index contributed by atoms with van der Waals surface area (Å²) in [5, 5.41) is 3.37. The average molecular weight is 290 g/mol. The van der Waals surface area contributed by atoms with Gasteiger partial charge in [0.2, 0.25) is 5.91 Å². The Balaban J connectivity index is 1.35. The normalized spacial score (nSPS) is 43.2. The standard InChI is InChI=1S/C18H30N2O/c1-20-4-2-13(3-5-20)12-19-17(21)18-9-14-6-15(10-18)8-16(7-14)11-18/h13-16H,2-12H2,1H3,(H,19,21). The van der Waals surface area contributed by atoms with E-state index in [0.29, 0.717) is 11.8 Å². The minimum atomic E-state index is 0.0419. The summed E-state index contributed by atoms with van der Waals surface area (Å²) in [5.41, 5.74) is 0.0419. The lowest BCUT2D eigenvalue weighted by molar-refractivity contribution is -0.146. The summed E-state index contributed by atoms with van der Waals surface area (Å²) in [6.45, 7) is 3.31. The monoisotopic (exact) mass is 290 g/mol. The van der Waals surface area contributed by atoms with Gasteiger partial charge < -0.3 is 10.2 Å². The number of nitrogens with one attached hydrogen (secondary N) is 1. The number of amides is 1. The molecular weight excluding hydrogens is 260 g/mol. The number of carbonyl (C=O) groups excluding carboxylic acids is 1. The van der Waals surface area contributed by atoms with Crippen molar-refractivity contribution in [2.45, 2.75) is 51.4 Å². The predicted octanol–water partition coefficient (Wildman–Crippen LogP) is 2.66. The molecule has 0 aromatic carbocycles. The van der Waals surface area contributed by atoms with E-state index >= 15 is 0 Å². The molecule has 1 N–H and O–H groups in total. The fraction of sp³-hybridized carbons (Fsp3) is 0.944. The Labute approximate surface area is 128 Å². The SMILES string of the molecule is CN1CCC(CNC(=O)C23CC4CC(CC(C4)C2)C3)CC1. The Hall–Kier alpha value is -0.570. The molecule has 5 aliphatic rings. The van der Waals surface area contributed by atoms with Gasteiger partial charge in [-0.2, -0.15) is 0 Å². The van der Waals surface area contributed by atoms with Gasteiger partial charge in [-0.25, -0.2) is 0 Å². The lowest BCUT2D eigenvalue weighted by atomic mass is 9.49. The summed E-state index contributed by atoms with van der Waals surface area (Å²) in [7, 11) is 2.20. The van der Waals surface area contributed by atoms with Crippen LogP contribution in [0.15, 0.2) is 0 Å². The maximum atomic E-state index is 12.9. The molecule has 0 aromatic rings. The largest absolute Gasteiger partial charge is 0.355 e. The molecule has 4 aliphatic carbocycles. The number of likely N-dealkylation sites (tertiary alicyclic amines) is 1. The molecule has 0 spiro atoms. The molecule has 21 heavy (non-hydrogen) atoms. The minimum Gasteiger partial charge on any atom is -0.355 e. The van der Waals surface area contributed by atoms with E-state index in [-0.39, 0.29) is 5.41 Å². The Morgan fingerprint density at radius 3 is 2.10 bits per heavy atom. The lowest BCUT2D eigenvalue weighted by Gasteiger charge is -2.55. The topological polar surface area (TPSA) is 32.3 Å². The molecule has 1 aliphatic heterocycles. The van der Waals surface area contributed by atoms with Crippen LogP contribution in [0.1, 0.15) is 51.4 Å². The number of hydrogen-bond donors (Lipinski definition) is 1. The highest BCUT2D eigenvalue weighted by molar-refractivity contribution is 5.83. The summed E-state index contributed by atoms with van der Waals surface area (Å²) < 4.78 is 0. The van der Waals surface area contributed by atoms with E-state index in [0.717, 1.165) is 24.3 Å². The number of carbonyl (C=O) groups is 1. The third kappa shape index (κ3) is 2.62. The van der Waals surface area contributed by atoms with Gasteiger partial charge in [0, 0.05) is 12.0 Å². The summed E-state index contributed by atoms with van der Waals surface area (Å²) in [6, 6.07) is 0. The van der Waals surface area contributed by atoms with E-state index in [1.54, 1.807) is 0 Å². The van der Waals surface area contributed by atoms with E-state index in [9.17, 15) is 4.79 Å². The Kier molecular flexibility index (Phi) is 3.52. The van der Waals surface area contributed by atoms with Gasteiger partial charge in [-0.3, -0.25) is 4.79 Å². The van der Waals surface area contributed by atoms with Crippen molar-refractivity contribution in [3.8, 4) is 0 Å². The molecule has 0 atom stereocenters. The molecular formula is C18H30N2O. The molecule has 0 radical (unpaired) electrons. The second-order valence-electron chi connectivity index (χ2n) is 8.65. The average Bonchev–Trinajstić information content (AvgIpc) is 2.45. The smallest absolute Gasteiger partial charge is 0.226 e. The maximum Gasteiger partial charge on any atom is 0.226 e. The van der Waals surface area contributed by atoms with E-state index in [4.69, 9.17) is 0 Å². The van der Waals surface area contributed by atoms with E-state index in [2.05, 4.69) is 17.3 Å². The van der Waals surface area contributed by atoms with Crippen LogP contribution in [0.3, 0.4) is 0 Å². The van der Waals surface area contributed by atoms with Crippen LogP contribution in [-0.4, -0.2) is 37.5 Å². The molecule has 4 saturated carbocycles. The molecule has 1 heterocycles. The first-order valence-corrected chi connectivity index (χ1v) is 9.10. The fourth-order valence-corrected chi connectivity index (χ4v) is 6.08. The zero-order valence-corrected chi connectivity index (χ0v) is 13.4. The molecule has 4 bridgehead atoms. The fourth-order valence-electron chi connectivity index (χ4n) is 6.08. The van der Waals surface area contributed by atoms with Crippen LogP contribution in [0.25, 0.3) is 0 Å². The van der Waals surface area contributed by atoms with Crippen molar-refractivity contribution in [3.05, 3.63) is 0 Å². The Bertz CT molecular complexity index is 376. The van der Waals surface area contributed by atoms with Crippen molar-refractivity contribution in [2.75, 3.05) is 26.7 Å². The third-order valence-corrected chi connectivity index (χ3v) is 6.91. The summed E-state index contributed by atoms with van der Waals surface area (Å²) in [5.74, 6) is 3.72. The molecule has 5 fully saturated rings. The first-order chi connectivity index (χ1) is 10.1. The number of piperidine rings is 1. The van der Waals surface area contributed by atoms with Crippen molar-refractivity contribution in [2.24, 2.45) is 29.1 Å². The summed E-state index contributed by atoms with van der Waals surface area (Å²) >= 11 is 0. The zero-order valence-electron chi connectivity index (χ0n) is 13.4. The molecule has 5 rings (SSSR count). The molecule has 0 unspecified atom stereocenters. The van der Waals surface area contributed by atoms with Gasteiger partial charge in [-0.05, 0) is 95.2 Å². The zero-order chi connectivity index (χ0) is 14.4. The van der Waals surface area contributed by atoms with Crippen molar-refractivity contribution < 1.29 is 4.79 Å². The molecule has 118 valence electrons. The Morgan fingerprint density at radius 1 is 1.05 bits per heavy atom. The lowest BCUT2D eigenvalue weighted by Crippen LogP contribution is -2.54. The van der Waals surface area contributed by atoms with Crippen LogP contribution in [-0.2, 0) is 4.79 Å². The molecule has 0 aromatic heterocycles. The quantitative estimate of drug-likeness (QED) is 0.866. The van der Waals surface area contributed by atoms with E-state index in [1.807, 2.05) is 0 Å². The van der Waals surface area contributed by atoms with Crippen LogP contribution < -0.4 is 5.32 Å². The van der Waals surface area contributed by atoms with Gasteiger partial charge in [0.05, 0.1) is 0 Å². The van der Waals surface area contributed by atoms with Gasteiger partial charge in [-0.15, -0.1) is 0 Å². The highest BCUT2D eigenvalue weighted by atomic mass is 16.2. The van der Waals surface area contributed by atoms with Crippen molar-refractivity contribution in [1.82, 2.24) is 10.2 Å². The van der Waals surface area contributed by atoms with Gasteiger partial charge in [0.15, 0.2) is 0 Å². The first-order valence-electron chi connectivity index (χ1n) is 9.10. The van der Waals surface area contributed by atoms with Gasteiger partial charge >= 0.3 is 0 Å². The molecule has 3 nitrogen and oxygen atoms in total. The third-order valence-electron chi connectivity index (χ3n) is 6.91. The molecule has 1 amide bonds. The van der Waals surface area contributed by atoms with Crippen molar-refractivity contribution >= 4 is 5.91 Å². The summed E-state index contributed by atoms with van der Waals surface area (Å²) in [6.07, 6.45) is 10.3. The summed E-state index contributed by atoms with van der Waals surface area (Å²) in [4.78, 5) is 15.3. The number of hydrogen-bond acceptors (Lipinski definition) is 2. The Morgan fingerprint density at radius 2 is 1.57 bits per heavy atom. The minimum absolute atomic E-state index is 0.0419. The van der Waals surface area contributed by atoms with Crippen LogP contribution in [0, 0.1) is 29.1 Å². The second kappa shape index (κ2) is 5.26. The van der Waals surface area contributed by atoms with E-state index < -0.39 is 0 Å². The highest BCUT2D eigenvalue weighted by Crippen LogP contribution is 2.60. The van der Waals surface area contributed by atoms with Crippen LogP contribution in [0.4, 0.5) is 0 Å². The van der Waals surface area contributed by atoms with Crippen LogP contribution in [0.2, 0.25) is 0 Å². The second-order valence-corrected chi connectivity index (χ2v) is 8.65. The molecule has 1 saturated heterocycles. The van der Waals surface area contributed by atoms with Gasteiger partial charge in [0.1, 0.15) is 0 Å². The van der Waals surface area contributed by atoms with Crippen molar-refractivity contribution in [1.29, 1.82) is 0 Å². The van der Waals surface area contributed by atoms with Crippen LogP contribution in [0.5, 0.6) is 0 Å². The number of rotatable bonds is 3. The first kappa shape index (κ1) is 14.0. The van der Waals surface area contributed by atoms with Gasteiger partial charge in [0.25, 0.3) is 0 Å². The molecule has 3 heteroatoms. The van der Waals surface area contributed by atoms with Crippen LogP contribution >= 0.6 is 0 Å². The maximum absolute atomic E-state index is 12.9.